The van der Waals surface area contributed by atoms with E-state index in [2.05, 4.69) is 15.9 Å². The molecule has 0 saturated carbocycles. The number of aromatic hydroxyl groups is 1. The summed E-state index contributed by atoms with van der Waals surface area (Å²) >= 11 is 3.33. The number of fused-ring (bicyclic) bond motifs is 2. The molecule has 27 heavy (non-hydrogen) atoms. The molecule has 2 N–H and O–H groups in total. The van der Waals surface area contributed by atoms with Gasteiger partial charge in [-0.1, -0.05) is 18.2 Å². The van der Waals surface area contributed by atoms with Crippen LogP contribution in [0.25, 0.3) is 22.6 Å². The SMILES string of the molecule is COc1cc(/C=C2\CCc3c2nc2ccccc2c3C(=O)O)cc(Br)c1O. The van der Waals surface area contributed by atoms with E-state index in [4.69, 9.17) is 9.72 Å². The number of pyridine rings is 1. The number of para-hydroxylation sites is 1. The molecule has 5 nitrogen and oxygen atoms in total. The van der Waals surface area contributed by atoms with Gasteiger partial charge in [-0.3, -0.25) is 0 Å². The van der Waals surface area contributed by atoms with Crippen molar-refractivity contribution in [2.24, 2.45) is 0 Å². The number of phenolic OH excluding ortho intramolecular Hbond substituents is 1. The number of carboxylic acid groups (broad SMARTS) is 1. The van der Waals surface area contributed by atoms with E-state index in [0.717, 1.165) is 22.4 Å². The molecule has 0 atom stereocenters. The van der Waals surface area contributed by atoms with Gasteiger partial charge in [-0.2, -0.15) is 0 Å². The summed E-state index contributed by atoms with van der Waals surface area (Å²) in [6, 6.07) is 10.8. The normalized spacial score (nSPS) is 14.5. The maximum atomic E-state index is 11.9. The molecule has 0 aliphatic heterocycles. The zero-order valence-corrected chi connectivity index (χ0v) is 16.1. The van der Waals surface area contributed by atoms with E-state index in [9.17, 15) is 15.0 Å². The summed E-state index contributed by atoms with van der Waals surface area (Å²) in [5.41, 5.74) is 4.32. The Morgan fingerprint density at radius 1 is 1.26 bits per heavy atom. The second-order valence-electron chi connectivity index (χ2n) is 6.36. The Morgan fingerprint density at radius 3 is 2.78 bits per heavy atom. The number of methoxy groups -OCH3 is 1. The third kappa shape index (κ3) is 2.96. The quantitative estimate of drug-likeness (QED) is 0.623. The van der Waals surface area contributed by atoms with Crippen LogP contribution in [0.2, 0.25) is 0 Å². The minimum absolute atomic E-state index is 0.0451. The van der Waals surface area contributed by atoms with Crippen molar-refractivity contribution in [1.29, 1.82) is 0 Å². The number of carbonyl (C=O) groups is 1. The molecule has 0 fully saturated rings. The van der Waals surface area contributed by atoms with Crippen LogP contribution in [0.15, 0.2) is 40.9 Å². The van der Waals surface area contributed by atoms with E-state index < -0.39 is 5.97 Å². The van der Waals surface area contributed by atoms with Gasteiger partial charge in [0, 0.05) is 5.39 Å². The highest BCUT2D eigenvalue weighted by atomic mass is 79.9. The van der Waals surface area contributed by atoms with Crippen molar-refractivity contribution in [2.45, 2.75) is 12.8 Å². The monoisotopic (exact) mass is 425 g/mol. The van der Waals surface area contributed by atoms with Gasteiger partial charge in [0.25, 0.3) is 0 Å². The van der Waals surface area contributed by atoms with Gasteiger partial charge in [-0.15, -0.1) is 0 Å². The molecule has 0 spiro atoms. The van der Waals surface area contributed by atoms with E-state index >= 15 is 0 Å². The summed E-state index contributed by atoms with van der Waals surface area (Å²) in [6.07, 6.45) is 3.31. The Morgan fingerprint density at radius 2 is 2.04 bits per heavy atom. The molecule has 3 aromatic rings. The van der Waals surface area contributed by atoms with Crippen molar-refractivity contribution in [3.63, 3.8) is 0 Å². The summed E-state index contributed by atoms with van der Waals surface area (Å²) in [7, 11) is 1.50. The van der Waals surface area contributed by atoms with Gasteiger partial charge in [0.1, 0.15) is 0 Å². The van der Waals surface area contributed by atoms with Crippen molar-refractivity contribution in [3.05, 3.63) is 63.3 Å². The molecule has 4 rings (SSSR count). The number of hydrogen-bond donors (Lipinski definition) is 2. The van der Waals surface area contributed by atoms with Crippen molar-refractivity contribution < 1.29 is 19.7 Å². The van der Waals surface area contributed by atoms with Gasteiger partial charge in [-0.05, 0) is 69.7 Å². The van der Waals surface area contributed by atoms with Crippen LogP contribution in [0, 0.1) is 0 Å². The van der Waals surface area contributed by atoms with Gasteiger partial charge < -0.3 is 14.9 Å². The lowest BCUT2D eigenvalue weighted by atomic mass is 10.0. The van der Waals surface area contributed by atoms with Crippen LogP contribution in [0.1, 0.15) is 33.6 Å². The summed E-state index contributed by atoms with van der Waals surface area (Å²) in [6.45, 7) is 0. The Hall–Kier alpha value is -2.86. The summed E-state index contributed by atoms with van der Waals surface area (Å²) in [5, 5.41) is 20.4. The zero-order chi connectivity index (χ0) is 19.1. The van der Waals surface area contributed by atoms with E-state index in [1.807, 2.05) is 24.3 Å². The van der Waals surface area contributed by atoms with E-state index in [0.29, 0.717) is 39.5 Å². The second kappa shape index (κ2) is 6.70. The first-order valence-electron chi connectivity index (χ1n) is 8.42. The molecule has 0 bridgehead atoms. The largest absolute Gasteiger partial charge is 0.503 e. The minimum atomic E-state index is -0.930. The van der Waals surface area contributed by atoms with Crippen LogP contribution in [-0.4, -0.2) is 28.3 Å². The van der Waals surface area contributed by atoms with Crippen molar-refractivity contribution >= 4 is 44.5 Å². The first-order valence-corrected chi connectivity index (χ1v) is 9.21. The topological polar surface area (TPSA) is 79.7 Å². The highest BCUT2D eigenvalue weighted by Crippen LogP contribution is 2.40. The number of aromatic nitrogens is 1. The molecule has 0 amide bonds. The number of aromatic carboxylic acids is 1. The maximum absolute atomic E-state index is 11.9. The lowest BCUT2D eigenvalue weighted by Gasteiger charge is -2.10. The lowest BCUT2D eigenvalue weighted by Crippen LogP contribution is -2.05. The molecule has 136 valence electrons. The Bertz CT molecular complexity index is 1120. The van der Waals surface area contributed by atoms with Gasteiger partial charge in [-0.25, -0.2) is 9.78 Å². The molecule has 0 radical (unpaired) electrons. The number of halogens is 1. The van der Waals surface area contributed by atoms with Crippen LogP contribution in [0.3, 0.4) is 0 Å². The third-order valence-corrected chi connectivity index (χ3v) is 5.37. The molecule has 2 aromatic carbocycles. The Kier molecular flexibility index (Phi) is 4.36. The number of rotatable bonds is 3. The first kappa shape index (κ1) is 17.5. The fraction of sp³-hybridized carbons (Fsp3) is 0.143. The van der Waals surface area contributed by atoms with Crippen molar-refractivity contribution in [2.75, 3.05) is 7.11 Å². The van der Waals surface area contributed by atoms with Crippen LogP contribution in [0.5, 0.6) is 11.5 Å². The van der Waals surface area contributed by atoms with Crippen LogP contribution in [0.4, 0.5) is 0 Å². The van der Waals surface area contributed by atoms with E-state index in [1.54, 1.807) is 18.2 Å². The number of phenols is 1. The third-order valence-electron chi connectivity index (χ3n) is 4.77. The fourth-order valence-electron chi connectivity index (χ4n) is 3.56. The molecule has 1 heterocycles. The standard InChI is InChI=1S/C21H16BrNO4/c1-27-17-10-11(9-15(22)20(17)24)8-12-6-7-14-18(21(25)26)13-4-2-3-5-16(13)23-19(12)14/h2-5,8-10,24H,6-7H2,1H3,(H,25,26)/b12-8+. The second-order valence-corrected chi connectivity index (χ2v) is 7.21. The number of allylic oxidation sites excluding steroid dienone is 1. The van der Waals surface area contributed by atoms with Gasteiger partial charge in [0.2, 0.25) is 0 Å². The lowest BCUT2D eigenvalue weighted by molar-refractivity contribution is 0.0698. The average molecular weight is 426 g/mol. The van der Waals surface area contributed by atoms with Gasteiger partial charge in [0.15, 0.2) is 11.5 Å². The van der Waals surface area contributed by atoms with Crippen molar-refractivity contribution in [1.82, 2.24) is 4.98 Å². The Labute approximate surface area is 164 Å². The summed E-state index contributed by atoms with van der Waals surface area (Å²) in [5.74, 6) is -0.518. The van der Waals surface area contributed by atoms with Gasteiger partial charge >= 0.3 is 5.97 Å². The smallest absolute Gasteiger partial charge is 0.336 e. The molecule has 1 aliphatic carbocycles. The first-order chi connectivity index (χ1) is 13.0. The average Bonchev–Trinajstić information content (AvgIpc) is 3.04. The number of hydrogen-bond acceptors (Lipinski definition) is 4. The fourth-order valence-corrected chi connectivity index (χ4v) is 4.02. The minimum Gasteiger partial charge on any atom is -0.503 e. The molecule has 0 saturated heterocycles. The number of benzene rings is 2. The summed E-state index contributed by atoms with van der Waals surface area (Å²) in [4.78, 5) is 16.6. The summed E-state index contributed by atoms with van der Waals surface area (Å²) < 4.78 is 5.74. The molecule has 6 heteroatoms. The molecular weight excluding hydrogens is 410 g/mol. The molecule has 0 unspecified atom stereocenters. The van der Waals surface area contributed by atoms with Crippen LogP contribution < -0.4 is 4.74 Å². The van der Waals surface area contributed by atoms with Crippen LogP contribution in [-0.2, 0) is 6.42 Å². The predicted molar refractivity (Wildman–Crippen MR) is 107 cm³/mol. The number of nitrogens with zero attached hydrogens (tertiary/aromatic N) is 1. The van der Waals surface area contributed by atoms with E-state index in [1.165, 1.54) is 7.11 Å². The molecule has 1 aliphatic rings. The highest BCUT2D eigenvalue weighted by Gasteiger charge is 2.26. The van der Waals surface area contributed by atoms with Gasteiger partial charge in [0.05, 0.1) is 28.4 Å². The van der Waals surface area contributed by atoms with E-state index in [-0.39, 0.29) is 5.75 Å². The maximum Gasteiger partial charge on any atom is 0.336 e. The zero-order valence-electron chi connectivity index (χ0n) is 14.5. The number of carboxylic acids is 1. The van der Waals surface area contributed by atoms with Crippen LogP contribution >= 0.6 is 15.9 Å². The van der Waals surface area contributed by atoms with Crippen molar-refractivity contribution in [3.8, 4) is 11.5 Å². The highest BCUT2D eigenvalue weighted by molar-refractivity contribution is 9.10. The Balaban J connectivity index is 1.90. The molecule has 1 aromatic heterocycles. The molecular formula is C21H16BrNO4. The number of ether oxygens (including phenoxy) is 1. The predicted octanol–water partition coefficient (Wildman–Crippen LogP) is 4.90.